The molecule has 3 rings (SSSR count). The van der Waals surface area contributed by atoms with Gasteiger partial charge in [-0.3, -0.25) is 18.7 Å². The Morgan fingerprint density at radius 1 is 1.24 bits per heavy atom. The van der Waals surface area contributed by atoms with Crippen molar-refractivity contribution in [3.05, 3.63) is 56.7 Å². The van der Waals surface area contributed by atoms with E-state index in [1.807, 2.05) is 19.9 Å². The van der Waals surface area contributed by atoms with Gasteiger partial charge in [-0.2, -0.15) is 5.26 Å². The van der Waals surface area contributed by atoms with Crippen molar-refractivity contribution >= 4 is 34.4 Å². The number of thioether (sulfide) groups is 1. The Labute approximate surface area is 199 Å². The van der Waals surface area contributed by atoms with E-state index in [2.05, 4.69) is 9.97 Å². The highest BCUT2D eigenvalue weighted by Gasteiger charge is 2.21. The first-order chi connectivity index (χ1) is 16.1. The number of carbonyl (C=O) groups is 1. The molecule has 0 aliphatic heterocycles. The second-order valence-corrected chi connectivity index (χ2v) is 9.11. The molecule has 11 heteroatoms. The molecule has 34 heavy (non-hydrogen) atoms. The molecule has 2 heterocycles. The summed E-state index contributed by atoms with van der Waals surface area (Å²) in [5.41, 5.74) is -0.290. The first-order valence-electron chi connectivity index (χ1n) is 10.7. The van der Waals surface area contributed by atoms with Gasteiger partial charge in [0.05, 0.1) is 18.2 Å². The van der Waals surface area contributed by atoms with E-state index in [1.165, 1.54) is 40.8 Å². The average Bonchev–Trinajstić information content (AvgIpc) is 2.79. The molecule has 0 saturated carbocycles. The lowest BCUT2D eigenvalue weighted by Gasteiger charge is -2.22. The summed E-state index contributed by atoms with van der Waals surface area (Å²) >= 11 is 1.06. The lowest BCUT2D eigenvalue weighted by molar-refractivity contribution is -0.116. The first kappa shape index (κ1) is 25.1. The first-order valence-corrected chi connectivity index (χ1v) is 11.7. The van der Waals surface area contributed by atoms with E-state index in [1.54, 1.807) is 6.92 Å². The summed E-state index contributed by atoms with van der Waals surface area (Å²) in [6.45, 7) is 6.08. The van der Waals surface area contributed by atoms with Gasteiger partial charge in [0.15, 0.2) is 5.65 Å². The number of amides is 1. The van der Waals surface area contributed by atoms with Gasteiger partial charge in [-0.15, -0.1) is 0 Å². The van der Waals surface area contributed by atoms with Crippen molar-refractivity contribution in [2.75, 3.05) is 17.2 Å². The van der Waals surface area contributed by atoms with Gasteiger partial charge in [0.1, 0.15) is 22.1 Å². The van der Waals surface area contributed by atoms with Crippen LogP contribution in [0, 0.1) is 30.0 Å². The normalized spacial score (nSPS) is 11.1. The molecule has 0 unspecified atom stereocenters. The molecule has 0 radical (unpaired) electrons. The minimum Gasteiger partial charge on any atom is -0.311 e. The number of hydrogen-bond donors (Lipinski definition) is 0. The van der Waals surface area contributed by atoms with E-state index in [4.69, 9.17) is 5.26 Å². The van der Waals surface area contributed by atoms with Crippen LogP contribution in [0.4, 0.5) is 10.1 Å². The summed E-state index contributed by atoms with van der Waals surface area (Å²) in [6, 6.07) is 7.44. The van der Waals surface area contributed by atoms with Gasteiger partial charge in [0.25, 0.3) is 5.56 Å². The molecule has 178 valence electrons. The van der Waals surface area contributed by atoms with Crippen LogP contribution in [0.25, 0.3) is 11.0 Å². The minimum absolute atomic E-state index is 0.0825. The van der Waals surface area contributed by atoms with Crippen LogP contribution >= 0.6 is 11.8 Å². The Hall–Kier alpha value is -3.52. The quantitative estimate of drug-likeness (QED) is 0.357. The second-order valence-electron chi connectivity index (χ2n) is 8.14. The number of aromatic nitrogens is 4. The summed E-state index contributed by atoms with van der Waals surface area (Å²) in [7, 11) is 1.40. The van der Waals surface area contributed by atoms with E-state index < -0.39 is 17.1 Å². The number of nitriles is 1. The van der Waals surface area contributed by atoms with Crippen molar-refractivity contribution in [1.82, 2.24) is 19.1 Å². The molecule has 1 amide bonds. The maximum atomic E-state index is 13.3. The van der Waals surface area contributed by atoms with Crippen LogP contribution in [-0.4, -0.2) is 37.3 Å². The van der Waals surface area contributed by atoms with Crippen LogP contribution < -0.4 is 16.1 Å². The Balaban J connectivity index is 2.01. The van der Waals surface area contributed by atoms with E-state index in [0.29, 0.717) is 23.1 Å². The summed E-state index contributed by atoms with van der Waals surface area (Å²) in [5.74, 6) is -0.343. The Kier molecular flexibility index (Phi) is 7.83. The lowest BCUT2D eigenvalue weighted by Crippen LogP contribution is -2.39. The summed E-state index contributed by atoms with van der Waals surface area (Å²) in [6.07, 6.45) is 0.103. The van der Waals surface area contributed by atoms with Gasteiger partial charge >= 0.3 is 5.69 Å². The number of carbonyl (C=O) groups excluding carboxylic acids is 1. The van der Waals surface area contributed by atoms with Crippen LogP contribution in [0.1, 0.15) is 26.1 Å². The molecule has 0 N–H and O–H groups in total. The highest BCUT2D eigenvalue weighted by Crippen LogP contribution is 2.24. The number of benzene rings is 1. The van der Waals surface area contributed by atoms with E-state index in [0.717, 1.165) is 16.3 Å². The third-order valence-electron chi connectivity index (χ3n) is 5.03. The second kappa shape index (κ2) is 10.6. The zero-order chi connectivity index (χ0) is 25.0. The lowest BCUT2D eigenvalue weighted by atomic mass is 10.2. The molecular formula is C23H25FN6O3S. The van der Waals surface area contributed by atoms with Crippen LogP contribution in [0.2, 0.25) is 0 Å². The predicted molar refractivity (Wildman–Crippen MR) is 128 cm³/mol. The van der Waals surface area contributed by atoms with Crippen molar-refractivity contribution in [2.45, 2.75) is 38.8 Å². The van der Waals surface area contributed by atoms with E-state index >= 15 is 0 Å². The fourth-order valence-electron chi connectivity index (χ4n) is 3.46. The van der Waals surface area contributed by atoms with Gasteiger partial charge < -0.3 is 4.90 Å². The van der Waals surface area contributed by atoms with Crippen molar-refractivity contribution in [3.8, 4) is 6.07 Å². The molecule has 1 aromatic carbocycles. The summed E-state index contributed by atoms with van der Waals surface area (Å²) in [4.78, 5) is 48.9. The minimum atomic E-state index is -0.533. The molecular weight excluding hydrogens is 459 g/mol. The third kappa shape index (κ3) is 5.34. The molecule has 0 spiro atoms. The number of fused-ring (bicyclic) bond motifs is 1. The van der Waals surface area contributed by atoms with Gasteiger partial charge in [0, 0.05) is 25.8 Å². The largest absolute Gasteiger partial charge is 0.332 e. The van der Waals surface area contributed by atoms with Gasteiger partial charge in [0.2, 0.25) is 5.91 Å². The molecule has 3 aromatic rings. The van der Waals surface area contributed by atoms with E-state index in [-0.39, 0.29) is 41.6 Å². The fourth-order valence-corrected chi connectivity index (χ4v) is 4.40. The molecule has 9 nitrogen and oxygen atoms in total. The SMILES string of the molecule is Cc1nc(SCC(=O)N(CCC#N)c2ccc(F)cc2)c2c(=O)n(C)c(=O)n(CC(C)C)c2n1. The maximum Gasteiger partial charge on any atom is 0.332 e. The molecule has 0 saturated heterocycles. The Morgan fingerprint density at radius 3 is 2.53 bits per heavy atom. The van der Waals surface area contributed by atoms with Crippen LogP contribution in [0.3, 0.4) is 0 Å². The Morgan fingerprint density at radius 2 is 1.91 bits per heavy atom. The summed E-state index contributed by atoms with van der Waals surface area (Å²) < 4.78 is 15.8. The van der Waals surface area contributed by atoms with Crippen molar-refractivity contribution in [3.63, 3.8) is 0 Å². The molecule has 2 aromatic heterocycles. The fraction of sp³-hybridized carbons (Fsp3) is 0.391. The van der Waals surface area contributed by atoms with Crippen LogP contribution in [0.15, 0.2) is 38.9 Å². The van der Waals surface area contributed by atoms with Crippen molar-refractivity contribution < 1.29 is 9.18 Å². The number of aryl methyl sites for hydroxylation is 1. The van der Waals surface area contributed by atoms with Crippen molar-refractivity contribution in [2.24, 2.45) is 13.0 Å². The predicted octanol–water partition coefficient (Wildman–Crippen LogP) is 2.63. The average molecular weight is 485 g/mol. The molecule has 0 aliphatic carbocycles. The molecule has 0 fully saturated rings. The highest BCUT2D eigenvalue weighted by molar-refractivity contribution is 8.00. The van der Waals surface area contributed by atoms with Crippen LogP contribution in [-0.2, 0) is 18.4 Å². The standard InChI is InChI=1S/C23H25FN6O3S/c1-14(2)12-30-20-19(22(32)28(4)23(30)33)21(27-15(3)26-20)34-13-18(31)29(11-5-10-25)17-8-6-16(24)7-9-17/h6-9,14H,5,11-13H2,1-4H3. The van der Waals surface area contributed by atoms with E-state index in [9.17, 15) is 18.8 Å². The van der Waals surface area contributed by atoms with Crippen LogP contribution in [0.5, 0.6) is 0 Å². The van der Waals surface area contributed by atoms with Gasteiger partial charge in [-0.05, 0) is 37.1 Å². The topological polar surface area (TPSA) is 114 Å². The smallest absolute Gasteiger partial charge is 0.311 e. The Bertz CT molecular complexity index is 1380. The highest BCUT2D eigenvalue weighted by atomic mass is 32.2. The monoisotopic (exact) mass is 484 g/mol. The zero-order valence-corrected chi connectivity index (χ0v) is 20.2. The third-order valence-corrected chi connectivity index (χ3v) is 5.99. The summed E-state index contributed by atoms with van der Waals surface area (Å²) in [5, 5.41) is 9.45. The number of nitrogens with zero attached hydrogens (tertiary/aromatic N) is 6. The number of hydrogen-bond acceptors (Lipinski definition) is 7. The van der Waals surface area contributed by atoms with Crippen molar-refractivity contribution in [1.29, 1.82) is 5.26 Å². The number of rotatable bonds is 8. The van der Waals surface area contributed by atoms with Gasteiger partial charge in [-0.25, -0.2) is 19.2 Å². The molecule has 0 atom stereocenters. The molecule has 0 aliphatic rings. The number of anilines is 1. The molecule has 0 bridgehead atoms. The number of halogens is 1. The zero-order valence-electron chi connectivity index (χ0n) is 19.4. The maximum absolute atomic E-state index is 13.3. The van der Waals surface area contributed by atoms with Gasteiger partial charge in [-0.1, -0.05) is 25.6 Å².